The zero-order valence-corrected chi connectivity index (χ0v) is 15.6. The van der Waals surface area contributed by atoms with Crippen LogP contribution in [0.2, 0.25) is 0 Å². The first-order valence-electron chi connectivity index (χ1n) is 8.06. The summed E-state index contributed by atoms with van der Waals surface area (Å²) in [6, 6.07) is 12.2. The van der Waals surface area contributed by atoms with Crippen molar-refractivity contribution >= 4 is 35.0 Å². The third kappa shape index (κ3) is 4.95. The number of hydrogen-bond donors (Lipinski definition) is 1. The monoisotopic (exact) mass is 383 g/mol. The largest absolute Gasteiger partial charge is 0.493 e. The number of aryl methyl sites for hydroxylation is 1. The van der Waals surface area contributed by atoms with Crippen LogP contribution in [-0.2, 0) is 4.79 Å². The summed E-state index contributed by atoms with van der Waals surface area (Å²) in [4.78, 5) is 23.4. The predicted molar refractivity (Wildman–Crippen MR) is 105 cm³/mol. The van der Waals surface area contributed by atoms with Crippen molar-refractivity contribution in [3.05, 3.63) is 59.2 Å². The Kier molecular flexibility index (Phi) is 5.87. The van der Waals surface area contributed by atoms with Crippen LogP contribution in [0, 0.1) is 6.92 Å². The zero-order chi connectivity index (χ0) is 19.2. The van der Waals surface area contributed by atoms with E-state index in [1.165, 1.54) is 25.1 Å². The van der Waals surface area contributed by atoms with Crippen molar-refractivity contribution in [3.8, 4) is 11.5 Å². The lowest BCUT2D eigenvalue weighted by Gasteiger charge is -2.10. The van der Waals surface area contributed by atoms with Gasteiger partial charge in [0.2, 0.25) is 5.91 Å². The average Bonchev–Trinajstić information content (AvgIpc) is 3.08. The maximum Gasteiger partial charge on any atom is 0.343 e. The van der Waals surface area contributed by atoms with E-state index >= 15 is 0 Å². The minimum atomic E-state index is -0.459. The van der Waals surface area contributed by atoms with Crippen molar-refractivity contribution in [1.29, 1.82) is 0 Å². The van der Waals surface area contributed by atoms with Crippen LogP contribution in [0.4, 0.5) is 0 Å². The summed E-state index contributed by atoms with van der Waals surface area (Å²) >= 11 is 1.29. The van der Waals surface area contributed by atoms with Gasteiger partial charge in [0.05, 0.1) is 24.6 Å². The lowest BCUT2D eigenvalue weighted by molar-refractivity contribution is -0.116. The zero-order valence-electron chi connectivity index (χ0n) is 14.8. The van der Waals surface area contributed by atoms with E-state index in [2.05, 4.69) is 15.5 Å². The molecule has 0 atom stereocenters. The molecule has 1 amide bonds. The van der Waals surface area contributed by atoms with E-state index in [0.717, 1.165) is 5.56 Å². The Morgan fingerprint density at radius 1 is 1.22 bits per heavy atom. The fourth-order valence-corrected chi connectivity index (χ4v) is 2.94. The molecule has 0 aromatic heterocycles. The van der Waals surface area contributed by atoms with E-state index in [9.17, 15) is 9.59 Å². The van der Waals surface area contributed by atoms with Crippen LogP contribution in [0.1, 0.15) is 21.5 Å². The second-order valence-corrected chi connectivity index (χ2v) is 6.62. The lowest BCUT2D eigenvalue weighted by Crippen LogP contribution is -2.19. The molecule has 1 aliphatic rings. The highest BCUT2D eigenvalue weighted by Crippen LogP contribution is 2.28. The third-order valence-corrected chi connectivity index (χ3v) is 4.45. The molecule has 0 radical (unpaired) electrons. The molecule has 138 valence electrons. The molecule has 0 saturated carbocycles. The Hall–Kier alpha value is -3.13. The van der Waals surface area contributed by atoms with Gasteiger partial charge in [-0.15, -0.1) is 5.10 Å². The molecule has 1 heterocycles. The summed E-state index contributed by atoms with van der Waals surface area (Å²) in [5.74, 6) is 0.514. The van der Waals surface area contributed by atoms with E-state index in [1.54, 1.807) is 36.4 Å². The fraction of sp³-hybridized carbons (Fsp3) is 0.158. The SMILES string of the molecule is COc1cc(/C=N\N=C2NC(=O)CS2)ccc1OC(=O)c1cccc(C)c1. The first kappa shape index (κ1) is 18.7. The van der Waals surface area contributed by atoms with Gasteiger partial charge in [-0.05, 0) is 42.8 Å². The van der Waals surface area contributed by atoms with Crippen LogP contribution in [0.25, 0.3) is 0 Å². The molecule has 2 aromatic carbocycles. The number of nitrogens with zero attached hydrogens (tertiary/aromatic N) is 2. The quantitative estimate of drug-likeness (QED) is 0.371. The van der Waals surface area contributed by atoms with Gasteiger partial charge in [0.25, 0.3) is 0 Å². The average molecular weight is 383 g/mol. The van der Waals surface area contributed by atoms with Crippen molar-refractivity contribution in [3.63, 3.8) is 0 Å². The van der Waals surface area contributed by atoms with Crippen molar-refractivity contribution in [2.75, 3.05) is 12.9 Å². The molecular formula is C19H17N3O4S. The molecule has 0 aliphatic carbocycles. The van der Waals surface area contributed by atoms with E-state index in [4.69, 9.17) is 9.47 Å². The number of carbonyl (C=O) groups excluding carboxylic acids is 2. The fourth-order valence-electron chi connectivity index (χ4n) is 2.31. The maximum absolute atomic E-state index is 12.3. The summed E-state index contributed by atoms with van der Waals surface area (Å²) < 4.78 is 10.7. The first-order valence-corrected chi connectivity index (χ1v) is 9.04. The molecule has 1 saturated heterocycles. The van der Waals surface area contributed by atoms with Gasteiger partial charge in [0.15, 0.2) is 16.7 Å². The normalized spacial score (nSPS) is 15.2. The Bertz CT molecular complexity index is 940. The van der Waals surface area contributed by atoms with Gasteiger partial charge in [0, 0.05) is 0 Å². The number of thioether (sulfide) groups is 1. The van der Waals surface area contributed by atoms with Gasteiger partial charge in [0.1, 0.15) is 0 Å². The van der Waals surface area contributed by atoms with Crippen molar-refractivity contribution in [2.45, 2.75) is 6.92 Å². The number of esters is 1. The van der Waals surface area contributed by atoms with E-state index in [-0.39, 0.29) is 5.91 Å². The van der Waals surface area contributed by atoms with Gasteiger partial charge in [-0.25, -0.2) is 4.79 Å². The maximum atomic E-state index is 12.3. The van der Waals surface area contributed by atoms with Crippen LogP contribution in [0.15, 0.2) is 52.7 Å². The highest BCUT2D eigenvalue weighted by atomic mass is 32.2. The van der Waals surface area contributed by atoms with Crippen LogP contribution in [0.3, 0.4) is 0 Å². The van der Waals surface area contributed by atoms with E-state index < -0.39 is 5.97 Å². The van der Waals surface area contributed by atoms with Crippen molar-refractivity contribution in [2.24, 2.45) is 10.2 Å². The number of nitrogens with one attached hydrogen (secondary N) is 1. The number of methoxy groups -OCH3 is 1. The Balaban J connectivity index is 1.72. The Labute approximate surface area is 160 Å². The number of carbonyl (C=O) groups is 2. The number of hydrogen-bond acceptors (Lipinski definition) is 7. The Morgan fingerprint density at radius 3 is 2.78 bits per heavy atom. The highest BCUT2D eigenvalue weighted by molar-refractivity contribution is 8.15. The molecule has 1 N–H and O–H groups in total. The van der Waals surface area contributed by atoms with Crippen molar-refractivity contribution in [1.82, 2.24) is 5.32 Å². The minimum absolute atomic E-state index is 0.0876. The summed E-state index contributed by atoms with van der Waals surface area (Å²) in [5.41, 5.74) is 2.15. The van der Waals surface area contributed by atoms with Crippen LogP contribution < -0.4 is 14.8 Å². The van der Waals surface area contributed by atoms with Crippen LogP contribution in [0.5, 0.6) is 11.5 Å². The molecule has 0 unspecified atom stereocenters. The molecule has 2 aromatic rings. The molecule has 1 fully saturated rings. The smallest absolute Gasteiger partial charge is 0.343 e. The van der Waals surface area contributed by atoms with Gasteiger partial charge < -0.3 is 14.8 Å². The lowest BCUT2D eigenvalue weighted by atomic mass is 10.1. The minimum Gasteiger partial charge on any atom is -0.493 e. The van der Waals surface area contributed by atoms with E-state index in [1.807, 2.05) is 13.0 Å². The summed E-state index contributed by atoms with van der Waals surface area (Å²) in [6.07, 6.45) is 1.52. The van der Waals surface area contributed by atoms with Gasteiger partial charge in [-0.2, -0.15) is 5.10 Å². The van der Waals surface area contributed by atoms with Gasteiger partial charge >= 0.3 is 5.97 Å². The highest BCUT2D eigenvalue weighted by Gasteiger charge is 2.16. The number of rotatable bonds is 5. The second-order valence-electron chi connectivity index (χ2n) is 5.66. The number of ether oxygens (including phenoxy) is 2. The number of amides is 1. The molecular weight excluding hydrogens is 366 g/mol. The summed E-state index contributed by atoms with van der Waals surface area (Å²) in [6.45, 7) is 1.91. The second kappa shape index (κ2) is 8.50. The molecule has 27 heavy (non-hydrogen) atoms. The predicted octanol–water partition coefficient (Wildman–Crippen LogP) is 2.78. The summed E-state index contributed by atoms with van der Waals surface area (Å²) in [7, 11) is 1.49. The molecule has 0 bridgehead atoms. The summed E-state index contributed by atoms with van der Waals surface area (Å²) in [5, 5.41) is 10.9. The molecule has 0 spiro atoms. The van der Waals surface area contributed by atoms with Gasteiger partial charge in [-0.1, -0.05) is 29.5 Å². The first-order chi connectivity index (χ1) is 13.0. The molecule has 8 heteroatoms. The standard InChI is InChI=1S/C19H17N3O4S/c1-12-4-3-5-14(8-12)18(24)26-15-7-6-13(9-16(15)25-2)10-20-22-19-21-17(23)11-27-19/h3-10H,11H2,1-2H3,(H,21,22,23)/b20-10-. The molecule has 7 nitrogen and oxygen atoms in total. The van der Waals surface area contributed by atoms with E-state index in [0.29, 0.717) is 33.5 Å². The third-order valence-electron chi connectivity index (χ3n) is 3.59. The number of amidine groups is 1. The topological polar surface area (TPSA) is 89.3 Å². The molecule has 1 aliphatic heterocycles. The molecule has 3 rings (SSSR count). The number of benzene rings is 2. The van der Waals surface area contributed by atoms with Gasteiger partial charge in [-0.3, -0.25) is 4.79 Å². The van der Waals surface area contributed by atoms with Crippen LogP contribution >= 0.6 is 11.8 Å². The van der Waals surface area contributed by atoms with Crippen molar-refractivity contribution < 1.29 is 19.1 Å². The Morgan fingerprint density at radius 2 is 2.07 bits per heavy atom. The van der Waals surface area contributed by atoms with Crippen LogP contribution in [-0.4, -0.2) is 36.1 Å².